The second kappa shape index (κ2) is 11.6. The van der Waals surface area contributed by atoms with E-state index in [9.17, 15) is 0 Å². The molecule has 1 aromatic rings. The first-order valence-corrected chi connectivity index (χ1v) is 10.8. The minimum absolute atomic E-state index is 0.360. The largest absolute Gasteiger partial charge is 0.494 e. The average molecular weight is 376 g/mol. The minimum atomic E-state index is 0.360. The van der Waals surface area contributed by atoms with Crippen LogP contribution in [0.5, 0.6) is 5.75 Å². The Morgan fingerprint density at radius 2 is 1.67 bits per heavy atom. The molecule has 2 aliphatic heterocycles. The van der Waals surface area contributed by atoms with Crippen LogP contribution in [0.4, 0.5) is 0 Å². The number of morpholine rings is 1. The Balaban J connectivity index is 1.30. The van der Waals surface area contributed by atoms with Gasteiger partial charge in [-0.2, -0.15) is 0 Å². The summed E-state index contributed by atoms with van der Waals surface area (Å²) in [6.45, 7) is 12.7. The van der Waals surface area contributed by atoms with Crippen LogP contribution in [-0.4, -0.2) is 75.4 Å². The Hall–Kier alpha value is -1.14. The molecule has 0 aromatic heterocycles. The first-order chi connectivity index (χ1) is 13.3. The summed E-state index contributed by atoms with van der Waals surface area (Å²) in [7, 11) is 0. The lowest BCUT2D eigenvalue weighted by atomic mass is 10.1. The molecule has 0 aliphatic carbocycles. The van der Waals surface area contributed by atoms with Gasteiger partial charge < -0.3 is 19.7 Å². The van der Waals surface area contributed by atoms with Crippen LogP contribution in [0.3, 0.4) is 0 Å². The monoisotopic (exact) mass is 375 g/mol. The number of piperidine rings is 1. The van der Waals surface area contributed by atoms with E-state index in [1.807, 2.05) is 0 Å². The Kier molecular flexibility index (Phi) is 8.88. The van der Waals surface area contributed by atoms with Crippen molar-refractivity contribution in [1.29, 1.82) is 0 Å². The Morgan fingerprint density at radius 1 is 0.963 bits per heavy atom. The number of ether oxygens (including phenoxy) is 2. The van der Waals surface area contributed by atoms with Crippen molar-refractivity contribution in [3.05, 3.63) is 29.8 Å². The van der Waals surface area contributed by atoms with Crippen LogP contribution in [0, 0.1) is 0 Å². The van der Waals surface area contributed by atoms with Crippen LogP contribution in [0.2, 0.25) is 0 Å². The molecule has 1 aromatic carbocycles. The molecule has 0 radical (unpaired) electrons. The van der Waals surface area contributed by atoms with Gasteiger partial charge in [-0.15, -0.1) is 0 Å². The van der Waals surface area contributed by atoms with E-state index < -0.39 is 0 Å². The Bertz CT molecular complexity index is 511. The number of rotatable bonds is 10. The van der Waals surface area contributed by atoms with E-state index in [0.717, 1.165) is 58.2 Å². The average Bonchev–Trinajstić information content (AvgIpc) is 2.73. The molecular formula is C22H37N3O2. The number of hydrogen-bond donors (Lipinski definition) is 1. The predicted octanol–water partition coefficient (Wildman–Crippen LogP) is 2.92. The molecule has 2 aliphatic rings. The normalized spacial score (nSPS) is 20.5. The van der Waals surface area contributed by atoms with E-state index in [-0.39, 0.29) is 0 Å². The van der Waals surface area contributed by atoms with Crippen molar-refractivity contribution in [3.63, 3.8) is 0 Å². The molecule has 0 bridgehead atoms. The third kappa shape index (κ3) is 7.41. The van der Waals surface area contributed by atoms with Gasteiger partial charge in [-0.3, -0.25) is 4.90 Å². The van der Waals surface area contributed by atoms with Gasteiger partial charge >= 0.3 is 0 Å². The summed E-state index contributed by atoms with van der Waals surface area (Å²) < 4.78 is 11.3. The molecule has 1 unspecified atom stereocenters. The molecule has 2 saturated heterocycles. The first kappa shape index (κ1) is 20.6. The van der Waals surface area contributed by atoms with E-state index in [0.29, 0.717) is 6.04 Å². The molecule has 27 heavy (non-hydrogen) atoms. The first-order valence-electron chi connectivity index (χ1n) is 10.8. The maximum absolute atomic E-state index is 5.93. The number of likely N-dealkylation sites (tertiary alicyclic amines) is 1. The van der Waals surface area contributed by atoms with Crippen molar-refractivity contribution >= 4 is 0 Å². The van der Waals surface area contributed by atoms with Crippen molar-refractivity contribution in [2.75, 3.05) is 65.6 Å². The van der Waals surface area contributed by atoms with Gasteiger partial charge in [-0.1, -0.05) is 18.6 Å². The molecule has 5 nitrogen and oxygen atoms in total. The van der Waals surface area contributed by atoms with Gasteiger partial charge in [-0.05, 0) is 57.0 Å². The van der Waals surface area contributed by atoms with Crippen molar-refractivity contribution in [2.45, 2.75) is 38.6 Å². The number of hydrogen-bond acceptors (Lipinski definition) is 5. The fourth-order valence-corrected chi connectivity index (χ4v) is 3.90. The summed E-state index contributed by atoms with van der Waals surface area (Å²) in [6, 6.07) is 8.95. The predicted molar refractivity (Wildman–Crippen MR) is 111 cm³/mol. The third-order valence-corrected chi connectivity index (χ3v) is 5.70. The van der Waals surface area contributed by atoms with E-state index in [1.54, 1.807) is 0 Å². The molecule has 5 heteroatoms. The standard InChI is InChI=1S/C22H37N3O2/c1-20(23-10-14-25-15-18-26-19-16-25)21-6-8-22(9-7-21)27-17-5-13-24-11-3-2-4-12-24/h6-9,20,23H,2-5,10-19H2,1H3. The second-order valence-electron chi connectivity index (χ2n) is 7.80. The highest BCUT2D eigenvalue weighted by Crippen LogP contribution is 2.18. The highest BCUT2D eigenvalue weighted by Gasteiger charge is 2.11. The molecule has 1 N–H and O–H groups in total. The SMILES string of the molecule is CC(NCCN1CCOCC1)c1ccc(OCCCN2CCCCC2)cc1. The quantitative estimate of drug-likeness (QED) is 0.637. The highest BCUT2D eigenvalue weighted by molar-refractivity contribution is 5.28. The van der Waals surface area contributed by atoms with Gasteiger partial charge in [0.15, 0.2) is 0 Å². The van der Waals surface area contributed by atoms with Gasteiger partial charge in [0, 0.05) is 38.8 Å². The lowest BCUT2D eigenvalue weighted by Gasteiger charge is -2.27. The van der Waals surface area contributed by atoms with Crippen molar-refractivity contribution in [3.8, 4) is 5.75 Å². The second-order valence-corrected chi connectivity index (χ2v) is 7.80. The molecule has 0 spiro atoms. The highest BCUT2D eigenvalue weighted by atomic mass is 16.5. The van der Waals surface area contributed by atoms with Crippen molar-refractivity contribution in [1.82, 2.24) is 15.1 Å². The summed E-state index contributed by atoms with van der Waals surface area (Å²) in [5, 5.41) is 3.63. The lowest BCUT2D eigenvalue weighted by molar-refractivity contribution is 0.0382. The van der Waals surface area contributed by atoms with Crippen LogP contribution in [0.25, 0.3) is 0 Å². The zero-order valence-corrected chi connectivity index (χ0v) is 17.0. The van der Waals surface area contributed by atoms with Crippen molar-refractivity contribution in [2.24, 2.45) is 0 Å². The van der Waals surface area contributed by atoms with Gasteiger partial charge in [0.1, 0.15) is 5.75 Å². The fraction of sp³-hybridized carbons (Fsp3) is 0.727. The maximum atomic E-state index is 5.93. The summed E-state index contributed by atoms with van der Waals surface area (Å²) in [6.07, 6.45) is 5.24. The molecular weight excluding hydrogens is 338 g/mol. The van der Waals surface area contributed by atoms with Crippen molar-refractivity contribution < 1.29 is 9.47 Å². The van der Waals surface area contributed by atoms with E-state index in [1.165, 1.54) is 44.5 Å². The zero-order valence-electron chi connectivity index (χ0n) is 17.0. The number of nitrogens with zero attached hydrogens (tertiary/aromatic N) is 2. The lowest BCUT2D eigenvalue weighted by Crippen LogP contribution is -2.40. The van der Waals surface area contributed by atoms with Crippen LogP contribution in [-0.2, 0) is 4.74 Å². The maximum Gasteiger partial charge on any atom is 0.119 e. The Morgan fingerprint density at radius 3 is 2.41 bits per heavy atom. The number of nitrogens with one attached hydrogen (secondary N) is 1. The van der Waals surface area contributed by atoms with E-state index in [2.05, 4.69) is 46.3 Å². The van der Waals surface area contributed by atoms with Crippen LogP contribution < -0.4 is 10.1 Å². The molecule has 152 valence electrons. The van der Waals surface area contributed by atoms with E-state index in [4.69, 9.17) is 9.47 Å². The molecule has 1 atom stereocenters. The summed E-state index contributed by atoms with van der Waals surface area (Å²) >= 11 is 0. The third-order valence-electron chi connectivity index (χ3n) is 5.70. The van der Waals surface area contributed by atoms with E-state index >= 15 is 0 Å². The van der Waals surface area contributed by atoms with Gasteiger partial charge in [0.05, 0.1) is 19.8 Å². The van der Waals surface area contributed by atoms with Crippen LogP contribution >= 0.6 is 0 Å². The van der Waals surface area contributed by atoms with Gasteiger partial charge in [-0.25, -0.2) is 0 Å². The van der Waals surface area contributed by atoms with Gasteiger partial charge in [0.25, 0.3) is 0 Å². The van der Waals surface area contributed by atoms with Crippen LogP contribution in [0.15, 0.2) is 24.3 Å². The zero-order chi connectivity index (χ0) is 18.7. The molecule has 0 amide bonds. The topological polar surface area (TPSA) is 37.0 Å². The summed E-state index contributed by atoms with van der Waals surface area (Å²) in [5.41, 5.74) is 1.32. The molecule has 3 rings (SSSR count). The molecule has 2 heterocycles. The number of benzene rings is 1. The smallest absolute Gasteiger partial charge is 0.119 e. The minimum Gasteiger partial charge on any atom is -0.494 e. The summed E-state index contributed by atoms with van der Waals surface area (Å²) in [5.74, 6) is 0.984. The molecule has 0 saturated carbocycles. The van der Waals surface area contributed by atoms with Crippen LogP contribution in [0.1, 0.15) is 44.2 Å². The molecule has 2 fully saturated rings. The fourth-order valence-electron chi connectivity index (χ4n) is 3.90. The van der Waals surface area contributed by atoms with Gasteiger partial charge in [0.2, 0.25) is 0 Å². The Labute approximate surface area is 165 Å². The summed E-state index contributed by atoms with van der Waals surface area (Å²) in [4.78, 5) is 5.03.